The number of nitrogens with one attached hydrogen (secondary N) is 2. The normalized spacial score (nSPS) is 12.6. The lowest BCUT2D eigenvalue weighted by atomic mass is 9.93. The molecule has 3 rings (SSSR count). The van der Waals surface area contributed by atoms with Gasteiger partial charge in [-0.2, -0.15) is 0 Å². The second-order valence-corrected chi connectivity index (χ2v) is 5.20. The average molecular weight is 329 g/mol. The van der Waals surface area contributed by atoms with Crippen LogP contribution in [-0.4, -0.2) is 33.0 Å². The first-order valence-electron chi connectivity index (χ1n) is 6.75. The summed E-state index contributed by atoms with van der Waals surface area (Å²) < 4.78 is 0. The van der Waals surface area contributed by atoms with Crippen LogP contribution in [0.3, 0.4) is 0 Å². The molecule has 0 fully saturated rings. The van der Waals surface area contributed by atoms with Gasteiger partial charge in [-0.3, -0.25) is 9.59 Å². The first-order valence-corrected chi connectivity index (χ1v) is 6.75. The third-order valence-electron chi connectivity index (χ3n) is 3.69. The van der Waals surface area contributed by atoms with Crippen LogP contribution in [0.5, 0.6) is 0 Å². The van der Waals surface area contributed by atoms with Crippen molar-refractivity contribution in [1.29, 1.82) is 0 Å². The molecule has 1 aliphatic heterocycles. The highest BCUT2D eigenvalue weighted by Crippen LogP contribution is 2.33. The van der Waals surface area contributed by atoms with E-state index in [4.69, 9.17) is 5.73 Å². The van der Waals surface area contributed by atoms with Gasteiger partial charge in [0.25, 0.3) is 5.56 Å². The zero-order valence-electron chi connectivity index (χ0n) is 12.0. The molecule has 0 bridgehead atoms. The molecule has 24 heavy (non-hydrogen) atoms. The number of anilines is 2. The van der Waals surface area contributed by atoms with Crippen molar-refractivity contribution in [2.24, 2.45) is 0 Å². The third kappa shape index (κ3) is 2.28. The summed E-state index contributed by atoms with van der Waals surface area (Å²) in [5.74, 6) is -3.73. The van der Waals surface area contributed by atoms with Crippen molar-refractivity contribution in [3.8, 4) is 11.1 Å². The van der Waals surface area contributed by atoms with Crippen LogP contribution in [0.25, 0.3) is 11.1 Å². The molecule has 0 saturated heterocycles. The molecule has 122 valence electrons. The number of rotatable bonds is 3. The van der Waals surface area contributed by atoms with Gasteiger partial charge < -0.3 is 26.2 Å². The van der Waals surface area contributed by atoms with E-state index in [-0.39, 0.29) is 23.5 Å². The van der Waals surface area contributed by atoms with E-state index in [0.29, 0.717) is 11.3 Å². The predicted octanol–water partition coefficient (Wildman–Crippen LogP) is 0.515. The number of pyridine rings is 1. The summed E-state index contributed by atoms with van der Waals surface area (Å²) in [6.45, 7) is 0. The van der Waals surface area contributed by atoms with Crippen LogP contribution in [-0.2, 0) is 11.2 Å². The first-order chi connectivity index (χ1) is 11.3. The molecule has 9 heteroatoms. The maximum absolute atomic E-state index is 12.0. The molecule has 0 aliphatic carbocycles. The Labute approximate surface area is 133 Å². The number of amides is 1. The van der Waals surface area contributed by atoms with E-state index in [9.17, 15) is 29.4 Å². The zero-order chi connectivity index (χ0) is 17.6. The molecule has 2 heterocycles. The molecule has 1 aromatic heterocycles. The summed E-state index contributed by atoms with van der Waals surface area (Å²) in [6.07, 6.45) is 0.0760. The Morgan fingerprint density at radius 3 is 2.38 bits per heavy atom. The van der Waals surface area contributed by atoms with Gasteiger partial charge in [-0.25, -0.2) is 9.59 Å². The second-order valence-electron chi connectivity index (χ2n) is 5.20. The van der Waals surface area contributed by atoms with Gasteiger partial charge in [0.1, 0.15) is 16.9 Å². The molecule has 1 amide bonds. The van der Waals surface area contributed by atoms with Crippen LogP contribution in [0.2, 0.25) is 0 Å². The van der Waals surface area contributed by atoms with E-state index < -0.39 is 34.4 Å². The molecule has 1 aromatic carbocycles. The lowest BCUT2D eigenvalue weighted by molar-refractivity contribution is -0.115. The number of fused-ring (bicyclic) bond motifs is 1. The van der Waals surface area contributed by atoms with Crippen LogP contribution in [0, 0.1) is 0 Å². The van der Waals surface area contributed by atoms with E-state index in [1.165, 1.54) is 18.2 Å². The Balaban J connectivity index is 2.37. The van der Waals surface area contributed by atoms with E-state index in [0.717, 1.165) is 0 Å². The standard InChI is InChI=1S/C15H11N3O6/c16-12-10(14(21)22)9(11(15(23)24)13(20)18-12)5-1-2-7-6(3-5)4-8(19)17-7/h1-3H,4H2,(H,17,19)(H,21,22)(H,23,24)(H3,16,18,20). The Morgan fingerprint density at radius 1 is 1.08 bits per heavy atom. The number of nitrogen functional groups attached to an aromatic ring is 1. The SMILES string of the molecule is Nc1[nH]c(=O)c(C(=O)O)c(-c2ccc3c(c2)CC(=O)N3)c1C(=O)O. The largest absolute Gasteiger partial charge is 0.478 e. The summed E-state index contributed by atoms with van der Waals surface area (Å²) in [6, 6.07) is 4.42. The van der Waals surface area contributed by atoms with Crippen molar-refractivity contribution in [3.05, 3.63) is 45.2 Å². The van der Waals surface area contributed by atoms with E-state index in [1.54, 1.807) is 0 Å². The maximum Gasteiger partial charge on any atom is 0.342 e. The summed E-state index contributed by atoms with van der Waals surface area (Å²) in [5.41, 5.74) is 4.34. The first kappa shape index (κ1) is 15.3. The predicted molar refractivity (Wildman–Crippen MR) is 83.2 cm³/mol. The topological polar surface area (TPSA) is 163 Å². The number of nitrogens with two attached hydrogens (primary N) is 1. The number of aromatic amines is 1. The van der Waals surface area contributed by atoms with Gasteiger partial charge >= 0.3 is 11.9 Å². The van der Waals surface area contributed by atoms with E-state index >= 15 is 0 Å². The van der Waals surface area contributed by atoms with Crippen LogP contribution in [0.4, 0.5) is 11.5 Å². The highest BCUT2D eigenvalue weighted by Gasteiger charge is 2.27. The molecule has 1 aliphatic rings. The number of carbonyl (C=O) groups is 3. The number of hydrogen-bond acceptors (Lipinski definition) is 5. The Hall–Kier alpha value is -3.62. The molecule has 9 nitrogen and oxygen atoms in total. The average Bonchev–Trinajstić information content (AvgIpc) is 2.84. The number of carboxylic acids is 2. The Kier molecular flexibility index (Phi) is 3.33. The molecule has 2 aromatic rings. The van der Waals surface area contributed by atoms with Crippen molar-refractivity contribution >= 4 is 29.4 Å². The van der Waals surface area contributed by atoms with Gasteiger partial charge in [-0.1, -0.05) is 6.07 Å². The van der Waals surface area contributed by atoms with E-state index in [2.05, 4.69) is 5.32 Å². The number of hydrogen-bond donors (Lipinski definition) is 5. The minimum absolute atomic E-state index is 0.0760. The van der Waals surface area contributed by atoms with Crippen molar-refractivity contribution in [3.63, 3.8) is 0 Å². The van der Waals surface area contributed by atoms with Crippen molar-refractivity contribution in [1.82, 2.24) is 4.98 Å². The molecule has 0 spiro atoms. The number of carboxylic acid groups (broad SMARTS) is 2. The molecular formula is C15H11N3O6. The molecule has 6 N–H and O–H groups in total. The third-order valence-corrected chi connectivity index (χ3v) is 3.69. The summed E-state index contributed by atoms with van der Waals surface area (Å²) in [4.78, 5) is 48.4. The molecular weight excluding hydrogens is 318 g/mol. The van der Waals surface area contributed by atoms with Gasteiger partial charge in [0.2, 0.25) is 5.91 Å². The minimum atomic E-state index is -1.58. The van der Waals surface area contributed by atoms with E-state index in [1.807, 2.05) is 4.98 Å². The number of aromatic nitrogens is 1. The van der Waals surface area contributed by atoms with Crippen molar-refractivity contribution in [2.45, 2.75) is 6.42 Å². The minimum Gasteiger partial charge on any atom is -0.478 e. The molecule has 0 saturated carbocycles. The van der Waals surface area contributed by atoms with Gasteiger partial charge in [-0.15, -0.1) is 0 Å². The van der Waals surface area contributed by atoms with Crippen molar-refractivity contribution < 1.29 is 24.6 Å². The number of aromatic carboxylic acids is 2. The summed E-state index contributed by atoms with van der Waals surface area (Å²) in [5, 5.41) is 21.3. The molecule has 0 radical (unpaired) electrons. The van der Waals surface area contributed by atoms with Gasteiger partial charge in [0, 0.05) is 11.3 Å². The highest BCUT2D eigenvalue weighted by atomic mass is 16.4. The molecule has 0 unspecified atom stereocenters. The fourth-order valence-electron chi connectivity index (χ4n) is 2.72. The van der Waals surface area contributed by atoms with Crippen LogP contribution >= 0.6 is 0 Å². The maximum atomic E-state index is 12.0. The lowest BCUT2D eigenvalue weighted by Crippen LogP contribution is -2.24. The smallest absolute Gasteiger partial charge is 0.342 e. The number of carbonyl (C=O) groups excluding carboxylic acids is 1. The quantitative estimate of drug-likeness (QED) is 0.548. The van der Waals surface area contributed by atoms with Gasteiger partial charge in [0.15, 0.2) is 0 Å². The lowest BCUT2D eigenvalue weighted by Gasteiger charge is -2.13. The van der Waals surface area contributed by atoms with Gasteiger partial charge in [-0.05, 0) is 23.3 Å². The second kappa shape index (κ2) is 5.23. The Morgan fingerprint density at radius 2 is 1.75 bits per heavy atom. The van der Waals surface area contributed by atoms with Crippen molar-refractivity contribution in [2.75, 3.05) is 11.1 Å². The summed E-state index contributed by atoms with van der Waals surface area (Å²) in [7, 11) is 0. The monoisotopic (exact) mass is 329 g/mol. The van der Waals surface area contributed by atoms with Crippen LogP contribution < -0.4 is 16.6 Å². The highest BCUT2D eigenvalue weighted by molar-refractivity contribution is 6.08. The fraction of sp³-hybridized carbons (Fsp3) is 0.0667. The zero-order valence-corrected chi connectivity index (χ0v) is 12.0. The fourth-order valence-corrected chi connectivity index (χ4v) is 2.72. The van der Waals surface area contributed by atoms with Crippen LogP contribution in [0.15, 0.2) is 23.0 Å². The molecule has 0 atom stereocenters. The Bertz CT molecular complexity index is 976. The summed E-state index contributed by atoms with van der Waals surface area (Å²) >= 11 is 0. The van der Waals surface area contributed by atoms with Crippen LogP contribution in [0.1, 0.15) is 26.3 Å². The number of H-pyrrole nitrogens is 1. The number of benzene rings is 1. The van der Waals surface area contributed by atoms with Gasteiger partial charge in [0.05, 0.1) is 6.42 Å².